The van der Waals surface area contributed by atoms with Crippen molar-refractivity contribution in [1.29, 1.82) is 0 Å². The van der Waals surface area contributed by atoms with E-state index in [2.05, 4.69) is 174 Å². The highest BCUT2D eigenvalue weighted by molar-refractivity contribution is 5.83. The second-order valence-corrected chi connectivity index (χ2v) is 13.5. The molecule has 0 aliphatic rings. The summed E-state index contributed by atoms with van der Waals surface area (Å²) in [5.41, 5.74) is 18.5. The maximum atomic E-state index is 4.77. The predicted molar refractivity (Wildman–Crippen MR) is 210 cm³/mol. The van der Waals surface area contributed by atoms with E-state index in [-0.39, 0.29) is 5.92 Å². The maximum absolute atomic E-state index is 4.77. The number of anilines is 3. The van der Waals surface area contributed by atoms with E-state index in [9.17, 15) is 0 Å². The molecule has 0 amide bonds. The van der Waals surface area contributed by atoms with Crippen LogP contribution in [0.15, 0.2) is 146 Å². The van der Waals surface area contributed by atoms with E-state index in [4.69, 9.17) is 9.97 Å². The van der Waals surface area contributed by atoms with Gasteiger partial charge in [-0.2, -0.15) is 0 Å². The summed E-state index contributed by atoms with van der Waals surface area (Å²) >= 11 is 0. The Morgan fingerprint density at radius 1 is 0.420 bits per heavy atom. The van der Waals surface area contributed by atoms with Crippen LogP contribution < -0.4 is 4.90 Å². The highest BCUT2D eigenvalue weighted by atomic mass is 15.3. The molecule has 1 heterocycles. The minimum Gasteiger partial charge on any atom is -0.279 e. The highest BCUT2D eigenvalue weighted by Crippen LogP contribution is 2.42. The molecule has 0 bridgehead atoms. The lowest BCUT2D eigenvalue weighted by Gasteiger charge is -2.28. The van der Waals surface area contributed by atoms with Gasteiger partial charge in [0.1, 0.15) is 0 Å². The zero-order valence-electron chi connectivity index (χ0n) is 29.8. The van der Waals surface area contributed by atoms with Gasteiger partial charge in [-0.3, -0.25) is 4.90 Å². The van der Waals surface area contributed by atoms with Crippen LogP contribution in [0.4, 0.5) is 17.3 Å². The quantitative estimate of drug-likeness (QED) is 0.153. The van der Waals surface area contributed by atoms with Crippen LogP contribution in [-0.2, 0) is 0 Å². The van der Waals surface area contributed by atoms with Gasteiger partial charge in [-0.05, 0) is 139 Å². The van der Waals surface area contributed by atoms with Gasteiger partial charge in [0.05, 0.1) is 5.69 Å². The van der Waals surface area contributed by atoms with Crippen molar-refractivity contribution in [2.75, 3.05) is 4.90 Å². The minimum atomic E-state index is 0.0952. The molecule has 0 atom stereocenters. The second kappa shape index (κ2) is 14.0. The zero-order valence-corrected chi connectivity index (χ0v) is 29.8. The molecule has 0 saturated heterocycles. The molecule has 0 aliphatic heterocycles. The lowest BCUT2D eigenvalue weighted by molar-refractivity contribution is 0.919. The Labute approximate surface area is 297 Å². The largest absolute Gasteiger partial charge is 0.279 e. The first-order valence-electron chi connectivity index (χ1n) is 17.4. The van der Waals surface area contributed by atoms with Crippen LogP contribution in [0.3, 0.4) is 0 Å². The molecule has 0 saturated carbocycles. The van der Waals surface area contributed by atoms with Gasteiger partial charge < -0.3 is 0 Å². The number of benzene rings is 6. The second-order valence-electron chi connectivity index (χ2n) is 13.5. The first-order chi connectivity index (χ1) is 24.3. The first-order valence-corrected chi connectivity index (χ1v) is 17.4. The van der Waals surface area contributed by atoms with Crippen molar-refractivity contribution < 1.29 is 0 Å². The van der Waals surface area contributed by atoms with E-state index in [0.29, 0.717) is 5.95 Å². The summed E-state index contributed by atoms with van der Waals surface area (Å²) in [5.74, 6) is 0.717. The van der Waals surface area contributed by atoms with Crippen molar-refractivity contribution in [3.05, 3.63) is 196 Å². The molecule has 0 fully saturated rings. The Morgan fingerprint density at radius 2 is 0.860 bits per heavy atom. The van der Waals surface area contributed by atoms with Gasteiger partial charge >= 0.3 is 0 Å². The van der Waals surface area contributed by atoms with Crippen LogP contribution in [0.2, 0.25) is 0 Å². The Bertz CT molecular complexity index is 2100. The Hall–Kier alpha value is -5.80. The number of rotatable bonds is 8. The van der Waals surface area contributed by atoms with Gasteiger partial charge in [0, 0.05) is 24.0 Å². The predicted octanol–water partition coefficient (Wildman–Crippen LogP) is 12.3. The zero-order chi connectivity index (χ0) is 34.8. The number of aryl methyl sites for hydroxylation is 6. The lowest BCUT2D eigenvalue weighted by atomic mass is 9.77. The molecular formula is C47H43N3. The highest BCUT2D eigenvalue weighted by Gasteiger charge is 2.25. The number of hydrogen-bond acceptors (Lipinski definition) is 3. The SMILES string of the molecule is Cc1cc(C)c(C(c2ccc(N(c3cc(-c4ccccc4)cc(-c4ccccc4)c3)c3ncccn3)cc2)c2c(C)cc(C)cc2C)c(C)c1. The molecule has 7 rings (SSSR count). The molecular weight excluding hydrogens is 607 g/mol. The molecule has 6 aromatic carbocycles. The molecule has 7 aromatic rings. The Kier molecular flexibility index (Phi) is 9.15. The van der Waals surface area contributed by atoms with E-state index >= 15 is 0 Å². The van der Waals surface area contributed by atoms with E-state index < -0.39 is 0 Å². The number of hydrogen-bond donors (Lipinski definition) is 0. The van der Waals surface area contributed by atoms with Crippen molar-refractivity contribution in [2.24, 2.45) is 0 Å². The molecule has 0 radical (unpaired) electrons. The van der Waals surface area contributed by atoms with Crippen molar-refractivity contribution in [3.63, 3.8) is 0 Å². The van der Waals surface area contributed by atoms with Crippen LogP contribution in [0.1, 0.15) is 56.0 Å². The fraction of sp³-hybridized carbons (Fsp3) is 0.149. The van der Waals surface area contributed by atoms with Crippen LogP contribution in [0.25, 0.3) is 22.3 Å². The third-order valence-corrected chi connectivity index (χ3v) is 9.68. The van der Waals surface area contributed by atoms with Crippen molar-refractivity contribution in [1.82, 2.24) is 9.97 Å². The first kappa shape index (κ1) is 32.7. The lowest BCUT2D eigenvalue weighted by Crippen LogP contribution is -2.14. The van der Waals surface area contributed by atoms with E-state index in [1.165, 1.54) is 50.1 Å². The fourth-order valence-electron chi connectivity index (χ4n) is 7.71. The molecule has 0 aliphatic carbocycles. The van der Waals surface area contributed by atoms with E-state index in [1.54, 1.807) is 0 Å². The van der Waals surface area contributed by atoms with Crippen LogP contribution in [-0.4, -0.2) is 9.97 Å². The van der Waals surface area contributed by atoms with Crippen LogP contribution in [0, 0.1) is 41.5 Å². The van der Waals surface area contributed by atoms with Gasteiger partial charge in [-0.15, -0.1) is 0 Å². The minimum absolute atomic E-state index is 0.0952. The molecule has 246 valence electrons. The van der Waals surface area contributed by atoms with Crippen LogP contribution >= 0.6 is 0 Å². The smallest absolute Gasteiger partial charge is 0.234 e. The molecule has 0 N–H and O–H groups in total. The van der Waals surface area contributed by atoms with Gasteiger partial charge in [0.25, 0.3) is 0 Å². The average molecular weight is 650 g/mol. The molecule has 0 spiro atoms. The molecule has 3 heteroatoms. The van der Waals surface area contributed by atoms with Crippen molar-refractivity contribution in [2.45, 2.75) is 47.5 Å². The normalized spacial score (nSPS) is 11.2. The average Bonchev–Trinajstić information content (AvgIpc) is 3.12. The van der Waals surface area contributed by atoms with Gasteiger partial charge in [0.15, 0.2) is 0 Å². The molecule has 3 nitrogen and oxygen atoms in total. The third kappa shape index (κ3) is 6.60. The third-order valence-electron chi connectivity index (χ3n) is 9.68. The van der Waals surface area contributed by atoms with Gasteiger partial charge in [-0.1, -0.05) is 108 Å². The summed E-state index contributed by atoms with van der Waals surface area (Å²) in [7, 11) is 0. The standard InChI is InChI=1S/C47H43N3/c1-31-24-33(3)44(34(4)25-31)46(45-35(5)26-32(2)27-36(45)6)39-18-20-42(21-19-39)50(47-48-22-13-23-49-47)43-29-40(37-14-9-7-10-15-37)28-41(30-43)38-16-11-8-12-17-38/h7-30,46H,1-6H3. The van der Waals surface area contributed by atoms with Crippen molar-refractivity contribution >= 4 is 17.3 Å². The Balaban J connectivity index is 1.41. The summed E-state index contributed by atoms with van der Waals surface area (Å²) < 4.78 is 0. The molecule has 0 unspecified atom stereocenters. The summed E-state index contributed by atoms with van der Waals surface area (Å²) in [6.45, 7) is 13.4. The van der Waals surface area contributed by atoms with Crippen molar-refractivity contribution in [3.8, 4) is 22.3 Å². The monoisotopic (exact) mass is 649 g/mol. The molecule has 50 heavy (non-hydrogen) atoms. The van der Waals surface area contributed by atoms with Gasteiger partial charge in [0.2, 0.25) is 5.95 Å². The maximum Gasteiger partial charge on any atom is 0.234 e. The summed E-state index contributed by atoms with van der Waals surface area (Å²) in [6, 6.07) is 48.1. The van der Waals surface area contributed by atoms with E-state index in [0.717, 1.165) is 33.6 Å². The fourth-order valence-corrected chi connectivity index (χ4v) is 7.71. The van der Waals surface area contributed by atoms with Crippen LogP contribution in [0.5, 0.6) is 0 Å². The van der Waals surface area contributed by atoms with E-state index in [1.807, 2.05) is 18.5 Å². The number of nitrogens with zero attached hydrogens (tertiary/aromatic N) is 3. The summed E-state index contributed by atoms with van der Waals surface area (Å²) in [5, 5.41) is 0. The Morgan fingerprint density at radius 3 is 1.30 bits per heavy atom. The summed E-state index contributed by atoms with van der Waals surface area (Å²) in [4.78, 5) is 11.7. The van der Waals surface area contributed by atoms with Gasteiger partial charge in [-0.25, -0.2) is 9.97 Å². The number of aromatic nitrogens is 2. The summed E-state index contributed by atoms with van der Waals surface area (Å²) in [6.07, 6.45) is 3.62. The molecule has 1 aromatic heterocycles. The topological polar surface area (TPSA) is 29.0 Å².